The number of methoxy groups -OCH3 is 1. The number of amides is 1. The van der Waals surface area contributed by atoms with E-state index in [4.69, 9.17) is 9.47 Å². The van der Waals surface area contributed by atoms with Crippen LogP contribution in [0.25, 0.3) is 0 Å². The lowest BCUT2D eigenvalue weighted by Crippen LogP contribution is -2.32. The standard InChI is InChI=1S/C26H29FN2O5S/c1-33-24-15-11-23(12-16-24)29(35(2,31)32)17-3-4-26(30)28-18-20-7-13-25(14-8-20)34-19-21-5-9-22(27)10-6-21/h5-16H,3-4,17-19H2,1-2H3,(H,28,30). The van der Waals surface area contributed by atoms with Crippen LogP contribution >= 0.6 is 0 Å². The van der Waals surface area contributed by atoms with E-state index in [9.17, 15) is 17.6 Å². The average molecular weight is 501 g/mol. The summed E-state index contributed by atoms with van der Waals surface area (Å²) in [6, 6.07) is 20.2. The molecule has 0 spiro atoms. The topological polar surface area (TPSA) is 84.9 Å². The molecule has 0 aliphatic heterocycles. The van der Waals surface area contributed by atoms with Gasteiger partial charge in [0.15, 0.2) is 0 Å². The number of nitrogens with zero attached hydrogens (tertiary/aromatic N) is 1. The molecule has 0 aliphatic rings. The highest BCUT2D eigenvalue weighted by atomic mass is 32.2. The zero-order valence-electron chi connectivity index (χ0n) is 19.7. The average Bonchev–Trinajstić information content (AvgIpc) is 2.85. The molecule has 0 aromatic heterocycles. The Morgan fingerprint density at radius 1 is 0.914 bits per heavy atom. The number of benzene rings is 3. The monoisotopic (exact) mass is 500 g/mol. The van der Waals surface area contributed by atoms with E-state index in [0.717, 1.165) is 17.4 Å². The summed E-state index contributed by atoms with van der Waals surface area (Å²) in [7, 11) is -1.95. The molecule has 35 heavy (non-hydrogen) atoms. The van der Waals surface area contributed by atoms with Gasteiger partial charge < -0.3 is 14.8 Å². The molecular formula is C26H29FN2O5S. The molecule has 7 nitrogen and oxygen atoms in total. The van der Waals surface area contributed by atoms with Crippen molar-refractivity contribution in [3.63, 3.8) is 0 Å². The first-order valence-corrected chi connectivity index (χ1v) is 12.9. The van der Waals surface area contributed by atoms with Gasteiger partial charge in [0.1, 0.15) is 23.9 Å². The highest BCUT2D eigenvalue weighted by molar-refractivity contribution is 7.92. The van der Waals surface area contributed by atoms with Gasteiger partial charge in [-0.05, 0) is 66.1 Å². The molecule has 0 radical (unpaired) electrons. The quantitative estimate of drug-likeness (QED) is 0.401. The number of ether oxygens (including phenoxy) is 2. The number of anilines is 1. The van der Waals surface area contributed by atoms with Gasteiger partial charge in [-0.1, -0.05) is 24.3 Å². The summed E-state index contributed by atoms with van der Waals surface area (Å²) >= 11 is 0. The van der Waals surface area contributed by atoms with Crippen molar-refractivity contribution in [2.24, 2.45) is 0 Å². The van der Waals surface area contributed by atoms with Crippen LogP contribution in [0, 0.1) is 5.82 Å². The second kappa shape index (κ2) is 12.2. The Morgan fingerprint density at radius 2 is 1.51 bits per heavy atom. The van der Waals surface area contributed by atoms with Crippen LogP contribution in [0.15, 0.2) is 72.8 Å². The van der Waals surface area contributed by atoms with E-state index in [2.05, 4.69) is 5.32 Å². The van der Waals surface area contributed by atoms with E-state index >= 15 is 0 Å². The number of carbonyl (C=O) groups is 1. The van der Waals surface area contributed by atoms with E-state index in [1.165, 1.54) is 16.4 Å². The first-order valence-electron chi connectivity index (χ1n) is 11.1. The van der Waals surface area contributed by atoms with E-state index in [0.29, 0.717) is 36.8 Å². The first kappa shape index (κ1) is 26.0. The molecule has 0 bridgehead atoms. The fraction of sp³-hybridized carbons (Fsp3) is 0.269. The van der Waals surface area contributed by atoms with Gasteiger partial charge in [0.25, 0.3) is 0 Å². The van der Waals surface area contributed by atoms with Crippen molar-refractivity contribution in [1.29, 1.82) is 0 Å². The van der Waals surface area contributed by atoms with Crippen molar-refractivity contribution in [3.05, 3.63) is 89.7 Å². The lowest BCUT2D eigenvalue weighted by Gasteiger charge is -2.22. The summed E-state index contributed by atoms with van der Waals surface area (Å²) in [4.78, 5) is 12.3. The Bertz CT molecular complexity index is 1200. The second-order valence-corrected chi connectivity index (χ2v) is 9.88. The Balaban J connectivity index is 1.43. The SMILES string of the molecule is COc1ccc(N(CCCC(=O)NCc2ccc(OCc3ccc(F)cc3)cc2)S(C)(=O)=O)cc1. The van der Waals surface area contributed by atoms with Crippen LogP contribution in [0.3, 0.4) is 0 Å². The molecule has 1 N–H and O–H groups in total. The van der Waals surface area contributed by atoms with E-state index in [1.807, 2.05) is 24.3 Å². The molecule has 0 saturated carbocycles. The van der Waals surface area contributed by atoms with Gasteiger partial charge in [-0.25, -0.2) is 12.8 Å². The van der Waals surface area contributed by atoms with Gasteiger partial charge in [-0.3, -0.25) is 9.10 Å². The number of hydrogen-bond donors (Lipinski definition) is 1. The predicted octanol–water partition coefficient (Wildman–Crippen LogP) is 4.28. The molecule has 0 unspecified atom stereocenters. The van der Waals surface area contributed by atoms with Gasteiger partial charge in [0, 0.05) is 19.5 Å². The summed E-state index contributed by atoms with van der Waals surface area (Å²) in [5, 5.41) is 2.85. The molecular weight excluding hydrogens is 471 g/mol. The van der Waals surface area contributed by atoms with Gasteiger partial charge >= 0.3 is 0 Å². The van der Waals surface area contributed by atoms with Crippen molar-refractivity contribution in [2.75, 3.05) is 24.2 Å². The number of halogens is 1. The normalized spacial score (nSPS) is 11.1. The van der Waals surface area contributed by atoms with Crippen LogP contribution in [-0.4, -0.2) is 34.2 Å². The van der Waals surface area contributed by atoms with Gasteiger partial charge in [-0.15, -0.1) is 0 Å². The maximum absolute atomic E-state index is 13.0. The number of rotatable bonds is 12. The zero-order chi connectivity index (χ0) is 25.3. The van der Waals surface area contributed by atoms with Crippen molar-refractivity contribution < 1.29 is 27.1 Å². The van der Waals surface area contributed by atoms with Gasteiger partial charge in [0.2, 0.25) is 15.9 Å². The Morgan fingerprint density at radius 3 is 2.11 bits per heavy atom. The molecule has 0 aliphatic carbocycles. The third-order valence-corrected chi connectivity index (χ3v) is 6.45. The lowest BCUT2D eigenvalue weighted by molar-refractivity contribution is -0.121. The fourth-order valence-corrected chi connectivity index (χ4v) is 4.32. The molecule has 1 amide bonds. The smallest absolute Gasteiger partial charge is 0.232 e. The maximum Gasteiger partial charge on any atom is 0.232 e. The second-order valence-electron chi connectivity index (χ2n) is 7.97. The molecule has 9 heteroatoms. The van der Waals surface area contributed by atoms with Crippen molar-refractivity contribution in [3.8, 4) is 11.5 Å². The number of nitrogens with one attached hydrogen (secondary N) is 1. The minimum Gasteiger partial charge on any atom is -0.497 e. The lowest BCUT2D eigenvalue weighted by atomic mass is 10.2. The van der Waals surface area contributed by atoms with E-state index in [-0.39, 0.29) is 24.7 Å². The molecule has 3 rings (SSSR count). The summed E-state index contributed by atoms with van der Waals surface area (Å²) in [6.45, 7) is 0.876. The Hall–Kier alpha value is -3.59. The summed E-state index contributed by atoms with van der Waals surface area (Å²) in [5.74, 6) is 0.854. The molecule has 3 aromatic rings. The van der Waals surface area contributed by atoms with Crippen LogP contribution in [0.2, 0.25) is 0 Å². The van der Waals surface area contributed by atoms with Crippen molar-refractivity contribution >= 4 is 21.6 Å². The largest absolute Gasteiger partial charge is 0.497 e. The number of hydrogen-bond acceptors (Lipinski definition) is 5. The molecule has 0 atom stereocenters. The minimum atomic E-state index is -3.49. The molecule has 3 aromatic carbocycles. The van der Waals surface area contributed by atoms with Crippen molar-refractivity contribution in [2.45, 2.75) is 26.0 Å². The molecule has 0 heterocycles. The van der Waals surface area contributed by atoms with Gasteiger partial charge in [-0.2, -0.15) is 0 Å². The zero-order valence-corrected chi connectivity index (χ0v) is 20.6. The highest BCUT2D eigenvalue weighted by Crippen LogP contribution is 2.22. The minimum absolute atomic E-state index is 0.162. The fourth-order valence-electron chi connectivity index (χ4n) is 3.36. The van der Waals surface area contributed by atoms with E-state index < -0.39 is 10.0 Å². The third-order valence-electron chi connectivity index (χ3n) is 5.26. The molecule has 0 fully saturated rings. The maximum atomic E-state index is 13.0. The predicted molar refractivity (Wildman–Crippen MR) is 133 cm³/mol. The van der Waals surface area contributed by atoms with E-state index in [1.54, 1.807) is 43.5 Å². The number of carbonyl (C=O) groups excluding carboxylic acids is 1. The summed E-state index contributed by atoms with van der Waals surface area (Å²) < 4.78 is 49.5. The highest BCUT2D eigenvalue weighted by Gasteiger charge is 2.17. The first-order chi connectivity index (χ1) is 16.7. The van der Waals surface area contributed by atoms with Crippen LogP contribution in [-0.2, 0) is 28.0 Å². The molecule has 186 valence electrons. The van der Waals surface area contributed by atoms with Crippen LogP contribution in [0.1, 0.15) is 24.0 Å². The summed E-state index contributed by atoms with van der Waals surface area (Å²) in [5.41, 5.74) is 2.29. The molecule has 0 saturated heterocycles. The Labute approximate surface area is 205 Å². The number of sulfonamides is 1. The van der Waals surface area contributed by atoms with Gasteiger partial charge in [0.05, 0.1) is 19.1 Å². The van der Waals surface area contributed by atoms with Crippen molar-refractivity contribution in [1.82, 2.24) is 5.32 Å². The summed E-state index contributed by atoms with van der Waals surface area (Å²) in [6.07, 6.45) is 1.71. The van der Waals surface area contributed by atoms with Crippen LogP contribution in [0.4, 0.5) is 10.1 Å². The van der Waals surface area contributed by atoms with Crippen LogP contribution in [0.5, 0.6) is 11.5 Å². The third kappa shape index (κ3) is 8.29. The van der Waals surface area contributed by atoms with Crippen LogP contribution < -0.4 is 19.1 Å². The Kier molecular flexibility index (Phi) is 9.08.